The lowest BCUT2D eigenvalue weighted by atomic mass is 10.0. The third-order valence-electron chi connectivity index (χ3n) is 9.90. The fourth-order valence-corrected chi connectivity index (χ4v) is 10.5. The van der Waals surface area contributed by atoms with Crippen molar-refractivity contribution < 1.29 is 0 Å². The zero-order chi connectivity index (χ0) is 33.7. The summed E-state index contributed by atoms with van der Waals surface area (Å²) in [7, 11) is -1.91. The maximum atomic E-state index is 5.28. The molecule has 0 saturated carbocycles. The van der Waals surface area contributed by atoms with Crippen LogP contribution in [0, 0.1) is 0 Å². The number of para-hydroxylation sites is 3. The van der Waals surface area contributed by atoms with E-state index in [1.807, 2.05) is 12.1 Å². The Morgan fingerprint density at radius 1 is 0.400 bits per heavy atom. The van der Waals surface area contributed by atoms with Gasteiger partial charge in [0, 0.05) is 28.1 Å². The Hall–Kier alpha value is -6.17. The molecular formula is C45H34N4Si. The van der Waals surface area contributed by atoms with Crippen LogP contribution >= 0.6 is 0 Å². The first-order valence-electron chi connectivity index (χ1n) is 17.0. The lowest BCUT2D eigenvalue weighted by Gasteiger charge is -2.27. The Labute approximate surface area is 293 Å². The highest BCUT2D eigenvalue weighted by Gasteiger charge is 2.37. The van der Waals surface area contributed by atoms with Gasteiger partial charge in [0.2, 0.25) is 0 Å². The average molecular weight is 659 g/mol. The largest absolute Gasteiger partial charge is 0.310 e. The predicted molar refractivity (Wildman–Crippen MR) is 211 cm³/mol. The smallest absolute Gasteiger partial charge is 0.166 e. The molecule has 50 heavy (non-hydrogen) atoms. The van der Waals surface area contributed by atoms with Gasteiger partial charge < -0.3 is 4.90 Å². The van der Waals surface area contributed by atoms with Crippen molar-refractivity contribution in [2.75, 3.05) is 4.90 Å². The molecule has 5 heteroatoms. The number of benzene rings is 7. The summed E-state index contributed by atoms with van der Waals surface area (Å²) in [5.74, 6) is 1.95. The van der Waals surface area contributed by atoms with E-state index in [-0.39, 0.29) is 0 Å². The molecule has 0 saturated heterocycles. The second-order valence-electron chi connectivity index (χ2n) is 13.3. The van der Waals surface area contributed by atoms with Crippen LogP contribution in [0.3, 0.4) is 0 Å². The summed E-state index contributed by atoms with van der Waals surface area (Å²) in [6.07, 6.45) is 0. The minimum absolute atomic E-state index is 0.630. The Kier molecular flexibility index (Phi) is 7.22. The van der Waals surface area contributed by atoms with Crippen LogP contribution in [0.25, 0.3) is 56.1 Å². The number of hydrogen-bond acceptors (Lipinski definition) is 4. The highest BCUT2D eigenvalue weighted by atomic mass is 28.3. The summed E-state index contributed by atoms with van der Waals surface area (Å²) in [5, 5.41) is 5.24. The molecule has 0 unspecified atom stereocenters. The SMILES string of the molecule is C[Si]1(C)c2ccccc2-c2ccc(-c3nc(-c4ccc5ccccc5c4)nc(-c4ccccc4N(c4ccccc4)c4ccccc4)n3)cc21. The zero-order valence-electron chi connectivity index (χ0n) is 28.0. The topological polar surface area (TPSA) is 41.9 Å². The third kappa shape index (κ3) is 5.11. The Morgan fingerprint density at radius 2 is 0.920 bits per heavy atom. The highest BCUT2D eigenvalue weighted by molar-refractivity contribution is 7.03. The number of aromatic nitrogens is 3. The summed E-state index contributed by atoms with van der Waals surface area (Å²) in [6, 6.07) is 59.9. The summed E-state index contributed by atoms with van der Waals surface area (Å²) >= 11 is 0. The highest BCUT2D eigenvalue weighted by Crippen LogP contribution is 2.40. The van der Waals surface area contributed by atoms with E-state index >= 15 is 0 Å². The number of anilines is 3. The lowest BCUT2D eigenvalue weighted by molar-refractivity contribution is 1.07. The van der Waals surface area contributed by atoms with Crippen LogP contribution in [0.15, 0.2) is 170 Å². The van der Waals surface area contributed by atoms with E-state index < -0.39 is 8.07 Å². The maximum absolute atomic E-state index is 5.28. The van der Waals surface area contributed by atoms with Crippen molar-refractivity contribution in [3.05, 3.63) is 170 Å². The van der Waals surface area contributed by atoms with Crippen LogP contribution in [0.5, 0.6) is 0 Å². The molecule has 8 aromatic rings. The van der Waals surface area contributed by atoms with Crippen molar-refractivity contribution in [3.8, 4) is 45.3 Å². The van der Waals surface area contributed by atoms with E-state index in [4.69, 9.17) is 15.0 Å². The van der Waals surface area contributed by atoms with Crippen molar-refractivity contribution in [1.82, 2.24) is 15.0 Å². The maximum Gasteiger partial charge on any atom is 0.166 e. The van der Waals surface area contributed by atoms with E-state index in [2.05, 4.69) is 176 Å². The van der Waals surface area contributed by atoms with Crippen LogP contribution in [0.2, 0.25) is 13.1 Å². The van der Waals surface area contributed by atoms with Crippen molar-refractivity contribution in [1.29, 1.82) is 0 Å². The van der Waals surface area contributed by atoms with Crippen molar-refractivity contribution >= 4 is 46.3 Å². The molecule has 4 nitrogen and oxygen atoms in total. The fraction of sp³-hybridized carbons (Fsp3) is 0.0444. The van der Waals surface area contributed by atoms with Crippen LogP contribution in [-0.2, 0) is 0 Å². The zero-order valence-corrected chi connectivity index (χ0v) is 29.0. The second kappa shape index (κ2) is 12.1. The van der Waals surface area contributed by atoms with Crippen LogP contribution in [0.4, 0.5) is 17.1 Å². The molecule has 1 aliphatic rings. The van der Waals surface area contributed by atoms with E-state index in [1.54, 1.807) is 0 Å². The summed E-state index contributed by atoms with van der Waals surface area (Å²) in [6.45, 7) is 4.89. The van der Waals surface area contributed by atoms with Gasteiger partial charge in [0.25, 0.3) is 0 Å². The molecule has 0 N–H and O–H groups in total. The van der Waals surface area contributed by atoms with Gasteiger partial charge in [0.05, 0.1) is 5.69 Å². The molecule has 1 aliphatic heterocycles. The van der Waals surface area contributed by atoms with Gasteiger partial charge in [-0.1, -0.05) is 140 Å². The molecule has 7 aromatic carbocycles. The Balaban J connectivity index is 1.26. The first kappa shape index (κ1) is 29.9. The molecule has 0 radical (unpaired) electrons. The number of rotatable bonds is 6. The molecule has 238 valence electrons. The van der Waals surface area contributed by atoms with E-state index in [0.29, 0.717) is 17.5 Å². The standard InChI is InChI=1S/C45H34N4Si/c1-50(2)41-24-14-12-21-37(41)38-28-27-34(30-42(38)50)44-46-43(33-26-25-31-15-9-10-16-32(31)29-33)47-45(48-44)39-22-11-13-23-40(39)49(35-17-5-3-6-18-35)36-19-7-4-8-20-36/h3-30H,1-2H3. The first-order valence-corrected chi connectivity index (χ1v) is 20.0. The predicted octanol–water partition coefficient (Wildman–Crippen LogP) is 10.3. The van der Waals surface area contributed by atoms with Crippen molar-refractivity contribution in [2.45, 2.75) is 13.1 Å². The quantitative estimate of drug-likeness (QED) is 0.167. The van der Waals surface area contributed by atoms with Crippen molar-refractivity contribution in [3.63, 3.8) is 0 Å². The van der Waals surface area contributed by atoms with Gasteiger partial charge in [-0.15, -0.1) is 0 Å². The molecule has 1 aromatic heterocycles. The molecular weight excluding hydrogens is 625 g/mol. The van der Waals surface area contributed by atoms with Gasteiger partial charge in [-0.3, -0.25) is 0 Å². The Morgan fingerprint density at radius 3 is 1.64 bits per heavy atom. The van der Waals surface area contributed by atoms with E-state index in [1.165, 1.54) is 26.9 Å². The number of nitrogens with zero attached hydrogens (tertiary/aromatic N) is 4. The minimum atomic E-state index is -1.91. The molecule has 2 heterocycles. The van der Waals surface area contributed by atoms with E-state index in [9.17, 15) is 0 Å². The molecule has 0 fully saturated rings. The second-order valence-corrected chi connectivity index (χ2v) is 17.7. The summed E-state index contributed by atoms with van der Waals surface area (Å²) < 4.78 is 0. The lowest BCUT2D eigenvalue weighted by Crippen LogP contribution is -2.49. The van der Waals surface area contributed by atoms with Crippen LogP contribution in [-0.4, -0.2) is 23.0 Å². The summed E-state index contributed by atoms with van der Waals surface area (Å²) in [4.78, 5) is 18.0. The van der Waals surface area contributed by atoms with E-state index in [0.717, 1.165) is 39.1 Å². The Bertz CT molecular complexity index is 2490. The minimum Gasteiger partial charge on any atom is -0.310 e. The molecule has 0 atom stereocenters. The van der Waals surface area contributed by atoms with Gasteiger partial charge in [-0.05, 0) is 74.7 Å². The van der Waals surface area contributed by atoms with Crippen molar-refractivity contribution in [2.24, 2.45) is 0 Å². The number of fused-ring (bicyclic) bond motifs is 4. The van der Waals surface area contributed by atoms with Crippen LogP contribution in [0.1, 0.15) is 0 Å². The molecule has 0 aliphatic carbocycles. The molecule has 0 amide bonds. The number of hydrogen-bond donors (Lipinski definition) is 0. The van der Waals surface area contributed by atoms with Gasteiger partial charge in [0.1, 0.15) is 8.07 Å². The first-order chi connectivity index (χ1) is 24.5. The van der Waals surface area contributed by atoms with Gasteiger partial charge in [-0.25, -0.2) is 15.0 Å². The normalized spacial score (nSPS) is 12.8. The van der Waals surface area contributed by atoms with Gasteiger partial charge in [-0.2, -0.15) is 0 Å². The average Bonchev–Trinajstić information content (AvgIpc) is 3.41. The molecule has 9 rings (SSSR count). The van der Waals surface area contributed by atoms with Gasteiger partial charge >= 0.3 is 0 Å². The monoisotopic (exact) mass is 658 g/mol. The van der Waals surface area contributed by atoms with Gasteiger partial charge in [0.15, 0.2) is 17.5 Å². The third-order valence-corrected chi connectivity index (χ3v) is 13.4. The molecule has 0 bridgehead atoms. The van der Waals surface area contributed by atoms with Crippen LogP contribution < -0.4 is 15.3 Å². The summed E-state index contributed by atoms with van der Waals surface area (Å²) in [5.41, 5.74) is 8.67. The molecule has 0 spiro atoms. The fourth-order valence-electron chi connectivity index (χ4n) is 7.37.